The molecule has 1 fully saturated rings. The minimum absolute atomic E-state index is 0.0127. The maximum absolute atomic E-state index is 13.1. The van der Waals surface area contributed by atoms with E-state index in [1.54, 1.807) is 19.1 Å². The van der Waals surface area contributed by atoms with Crippen molar-refractivity contribution in [1.29, 1.82) is 0 Å². The summed E-state index contributed by atoms with van der Waals surface area (Å²) in [6, 6.07) is 7.34. The molecule has 25 heavy (non-hydrogen) atoms. The fourth-order valence-electron chi connectivity index (χ4n) is 4.49. The molecule has 0 N–H and O–H groups in total. The number of carbonyl (C=O) groups is 3. The molecule has 0 bridgehead atoms. The molecular weight excluding hydrogens is 320 g/mol. The molecule has 2 atom stereocenters. The van der Waals surface area contributed by atoms with E-state index in [9.17, 15) is 14.4 Å². The van der Waals surface area contributed by atoms with Crippen molar-refractivity contribution in [3.8, 4) is 0 Å². The lowest BCUT2D eigenvalue weighted by Gasteiger charge is -2.49. The molecule has 0 saturated heterocycles. The lowest BCUT2D eigenvalue weighted by atomic mass is 9.54. The van der Waals surface area contributed by atoms with Crippen molar-refractivity contribution in [1.82, 2.24) is 0 Å². The van der Waals surface area contributed by atoms with Gasteiger partial charge in [-0.15, -0.1) is 0 Å². The number of allylic oxidation sites excluding steroid dienone is 1. The lowest BCUT2D eigenvalue weighted by molar-refractivity contribution is -0.152. The number of hydrogen-bond donors (Lipinski definition) is 0. The molecule has 0 aromatic heterocycles. The highest BCUT2D eigenvalue weighted by Gasteiger charge is 2.56. The molecule has 2 aliphatic carbocycles. The van der Waals surface area contributed by atoms with Crippen LogP contribution in [0.1, 0.15) is 56.0 Å². The van der Waals surface area contributed by atoms with Gasteiger partial charge in [0.15, 0.2) is 5.76 Å². The van der Waals surface area contributed by atoms with E-state index >= 15 is 0 Å². The van der Waals surface area contributed by atoms with Crippen LogP contribution in [0.15, 0.2) is 35.6 Å². The molecule has 1 saturated carbocycles. The first-order valence-corrected chi connectivity index (χ1v) is 8.42. The Labute approximate surface area is 147 Å². The zero-order valence-corrected chi connectivity index (χ0v) is 15.0. The van der Waals surface area contributed by atoms with Gasteiger partial charge in [0.2, 0.25) is 5.78 Å². The van der Waals surface area contributed by atoms with Gasteiger partial charge in [-0.25, -0.2) is 0 Å². The van der Waals surface area contributed by atoms with E-state index in [2.05, 4.69) is 0 Å². The van der Waals surface area contributed by atoms with E-state index in [0.29, 0.717) is 17.6 Å². The van der Waals surface area contributed by atoms with Gasteiger partial charge in [0, 0.05) is 23.5 Å². The van der Waals surface area contributed by atoms with Crippen molar-refractivity contribution in [2.45, 2.75) is 45.4 Å². The molecule has 5 heteroatoms. The minimum atomic E-state index is -1.00. The Bertz CT molecular complexity index is 806. The lowest BCUT2D eigenvalue weighted by Crippen LogP contribution is -2.48. The molecule has 0 radical (unpaired) electrons. The van der Waals surface area contributed by atoms with Crippen LogP contribution in [0.5, 0.6) is 0 Å². The Kier molecular flexibility index (Phi) is 4.06. The van der Waals surface area contributed by atoms with Gasteiger partial charge in [-0.05, 0) is 25.3 Å². The number of ether oxygens (including phenoxy) is 2. The zero-order chi connectivity index (χ0) is 18.4. The monoisotopic (exact) mass is 342 g/mol. The van der Waals surface area contributed by atoms with Crippen molar-refractivity contribution >= 4 is 17.7 Å². The second kappa shape index (κ2) is 5.83. The molecule has 2 unspecified atom stereocenters. The van der Waals surface area contributed by atoms with Crippen molar-refractivity contribution in [2.75, 3.05) is 7.11 Å². The maximum Gasteiger partial charge on any atom is 0.315 e. The maximum atomic E-state index is 13.1. The number of fused-ring (bicyclic) bond motifs is 3. The highest BCUT2D eigenvalue weighted by atomic mass is 16.5. The van der Waals surface area contributed by atoms with Crippen LogP contribution in [0.25, 0.3) is 0 Å². The second-order valence-electron chi connectivity index (χ2n) is 7.18. The van der Waals surface area contributed by atoms with Crippen LogP contribution in [0.2, 0.25) is 0 Å². The summed E-state index contributed by atoms with van der Waals surface area (Å²) in [5.41, 5.74) is 0.406. The van der Waals surface area contributed by atoms with Crippen molar-refractivity contribution < 1.29 is 23.9 Å². The van der Waals surface area contributed by atoms with E-state index in [1.807, 2.05) is 19.1 Å². The predicted octanol–water partition coefficient (Wildman–Crippen LogP) is 3.32. The normalized spacial score (nSPS) is 28.1. The van der Waals surface area contributed by atoms with E-state index < -0.39 is 22.8 Å². The van der Waals surface area contributed by atoms with E-state index in [0.717, 1.165) is 18.4 Å². The number of Topliss-reactive ketones (excluding diaryl/α,β-unsaturated/α-hetero) is 1. The Balaban J connectivity index is 2.35. The molecule has 132 valence electrons. The summed E-state index contributed by atoms with van der Waals surface area (Å²) < 4.78 is 10.4. The molecule has 3 rings (SSSR count). The largest absolute Gasteiger partial charge is 0.468 e. The summed E-state index contributed by atoms with van der Waals surface area (Å²) in [5.74, 6) is -1.35. The summed E-state index contributed by atoms with van der Waals surface area (Å²) in [7, 11) is 1.34. The first-order chi connectivity index (χ1) is 11.8. The smallest absolute Gasteiger partial charge is 0.315 e. The first-order valence-electron chi connectivity index (χ1n) is 8.42. The van der Waals surface area contributed by atoms with E-state index in [1.165, 1.54) is 14.0 Å². The van der Waals surface area contributed by atoms with E-state index in [4.69, 9.17) is 9.47 Å². The second-order valence-corrected chi connectivity index (χ2v) is 7.18. The van der Waals surface area contributed by atoms with Crippen LogP contribution in [0.3, 0.4) is 0 Å². The van der Waals surface area contributed by atoms with Crippen molar-refractivity contribution in [2.24, 2.45) is 5.41 Å². The Morgan fingerprint density at radius 2 is 1.80 bits per heavy atom. The van der Waals surface area contributed by atoms with Gasteiger partial charge in [-0.1, -0.05) is 37.6 Å². The van der Waals surface area contributed by atoms with Crippen LogP contribution in [0.4, 0.5) is 0 Å². The molecule has 1 aromatic rings. The molecule has 0 amide bonds. The molecule has 0 aliphatic heterocycles. The number of methoxy groups -OCH3 is 1. The third-order valence-corrected chi connectivity index (χ3v) is 5.54. The topological polar surface area (TPSA) is 69.7 Å². The molecule has 2 aliphatic rings. The zero-order valence-electron chi connectivity index (χ0n) is 15.0. The van der Waals surface area contributed by atoms with E-state index in [-0.39, 0.29) is 11.5 Å². The SMILES string of the molecule is COC(=O)C1(C)CCCC2(C)C1=C(OC(C)=O)C(=O)c1ccccc12. The highest BCUT2D eigenvalue weighted by Crippen LogP contribution is 2.57. The Hall–Kier alpha value is -2.43. The van der Waals surface area contributed by atoms with Gasteiger partial charge in [-0.2, -0.15) is 0 Å². The van der Waals surface area contributed by atoms with Crippen LogP contribution >= 0.6 is 0 Å². The summed E-state index contributed by atoms with van der Waals surface area (Å²) in [6.07, 6.45) is 2.12. The molecular formula is C20H22O5. The van der Waals surface area contributed by atoms with Crippen LogP contribution in [0, 0.1) is 5.41 Å². The summed E-state index contributed by atoms with van der Waals surface area (Å²) in [5, 5.41) is 0. The average Bonchev–Trinajstić information content (AvgIpc) is 2.58. The number of ketones is 1. The fraction of sp³-hybridized carbons (Fsp3) is 0.450. The molecule has 0 spiro atoms. The molecule has 5 nitrogen and oxygen atoms in total. The number of benzene rings is 1. The van der Waals surface area contributed by atoms with Gasteiger partial charge < -0.3 is 9.47 Å². The van der Waals surface area contributed by atoms with Gasteiger partial charge in [0.05, 0.1) is 12.5 Å². The highest BCUT2D eigenvalue weighted by molar-refractivity contribution is 6.12. The van der Waals surface area contributed by atoms with Crippen LogP contribution < -0.4 is 0 Å². The van der Waals surface area contributed by atoms with Gasteiger partial charge in [0.1, 0.15) is 0 Å². The summed E-state index contributed by atoms with van der Waals surface area (Å²) in [6.45, 7) is 5.05. The van der Waals surface area contributed by atoms with Crippen molar-refractivity contribution in [3.05, 3.63) is 46.7 Å². The summed E-state index contributed by atoms with van der Waals surface area (Å²) in [4.78, 5) is 37.4. The Morgan fingerprint density at radius 3 is 2.44 bits per heavy atom. The fourth-order valence-corrected chi connectivity index (χ4v) is 4.49. The third kappa shape index (κ3) is 2.41. The number of hydrogen-bond acceptors (Lipinski definition) is 5. The third-order valence-electron chi connectivity index (χ3n) is 5.54. The van der Waals surface area contributed by atoms with Gasteiger partial charge >= 0.3 is 11.9 Å². The number of esters is 2. The molecule has 1 aromatic carbocycles. The predicted molar refractivity (Wildman–Crippen MR) is 90.9 cm³/mol. The quantitative estimate of drug-likeness (QED) is 0.771. The van der Waals surface area contributed by atoms with Crippen LogP contribution in [-0.4, -0.2) is 24.8 Å². The number of carbonyl (C=O) groups excluding carboxylic acids is 3. The number of rotatable bonds is 2. The van der Waals surface area contributed by atoms with Gasteiger partial charge in [0.25, 0.3) is 0 Å². The first kappa shape index (κ1) is 17.4. The van der Waals surface area contributed by atoms with Gasteiger partial charge in [-0.3, -0.25) is 14.4 Å². The van der Waals surface area contributed by atoms with Crippen LogP contribution in [-0.2, 0) is 24.5 Å². The average molecular weight is 342 g/mol. The Morgan fingerprint density at radius 1 is 1.12 bits per heavy atom. The summed E-state index contributed by atoms with van der Waals surface area (Å²) >= 11 is 0. The van der Waals surface area contributed by atoms with Crippen molar-refractivity contribution in [3.63, 3.8) is 0 Å². The minimum Gasteiger partial charge on any atom is -0.468 e. The standard InChI is InChI=1S/C20H22O5/c1-12(21)25-16-15(22)13-8-5-6-9-14(13)19(2)10-7-11-20(3,17(16)19)18(23)24-4/h5-6,8-9H,7,10-11H2,1-4H3. The molecule has 0 heterocycles.